The highest BCUT2D eigenvalue weighted by Gasteiger charge is 2.43. The van der Waals surface area contributed by atoms with Gasteiger partial charge < -0.3 is 34.6 Å². The van der Waals surface area contributed by atoms with E-state index in [2.05, 4.69) is 9.47 Å². The minimum atomic E-state index is -2.27. The van der Waals surface area contributed by atoms with Gasteiger partial charge in [0.15, 0.2) is 0 Å². The second-order valence-corrected chi connectivity index (χ2v) is 4.36. The molecular weight excluding hydrogens is 248 g/mol. The third-order valence-corrected chi connectivity index (χ3v) is 2.14. The zero-order valence-electron chi connectivity index (χ0n) is 10.5. The van der Waals surface area contributed by atoms with Gasteiger partial charge in [0.05, 0.1) is 13.2 Å². The van der Waals surface area contributed by atoms with Crippen molar-refractivity contribution >= 4 is 5.97 Å². The van der Waals surface area contributed by atoms with Crippen LogP contribution in [0.2, 0.25) is 0 Å². The summed E-state index contributed by atoms with van der Waals surface area (Å²) in [6.07, 6.45) is 0. The van der Waals surface area contributed by atoms with E-state index in [1.165, 1.54) is 0 Å². The standard InChI is InChI=1S/C10H20O8/c1-9(2,3-11)5-16-8(15)10(4-12,17-6-13)18-7-14/h11-14H,3-7H2,1-2H3. The van der Waals surface area contributed by atoms with E-state index in [0.717, 1.165) is 0 Å². The fourth-order valence-corrected chi connectivity index (χ4v) is 0.940. The number of rotatable bonds is 9. The molecule has 0 bridgehead atoms. The van der Waals surface area contributed by atoms with Crippen LogP contribution in [0, 0.1) is 5.41 Å². The van der Waals surface area contributed by atoms with Crippen molar-refractivity contribution in [2.24, 2.45) is 5.41 Å². The SMILES string of the molecule is CC(C)(CO)COC(=O)C(CO)(OCO)OCO. The molecule has 0 aliphatic rings. The summed E-state index contributed by atoms with van der Waals surface area (Å²) in [5, 5.41) is 35.3. The van der Waals surface area contributed by atoms with E-state index < -0.39 is 37.4 Å². The molecule has 0 aromatic carbocycles. The first-order valence-corrected chi connectivity index (χ1v) is 5.26. The maximum atomic E-state index is 11.7. The first-order valence-electron chi connectivity index (χ1n) is 5.26. The van der Waals surface area contributed by atoms with Crippen molar-refractivity contribution in [2.45, 2.75) is 19.6 Å². The van der Waals surface area contributed by atoms with Crippen LogP contribution in [0.5, 0.6) is 0 Å². The highest BCUT2D eigenvalue weighted by molar-refractivity contribution is 5.78. The molecule has 0 radical (unpaired) electrons. The van der Waals surface area contributed by atoms with Gasteiger partial charge in [0.25, 0.3) is 5.79 Å². The van der Waals surface area contributed by atoms with Gasteiger partial charge in [-0.1, -0.05) is 13.8 Å². The summed E-state index contributed by atoms with van der Waals surface area (Å²) in [4.78, 5) is 11.7. The summed E-state index contributed by atoms with van der Waals surface area (Å²) in [6, 6.07) is 0. The summed E-state index contributed by atoms with van der Waals surface area (Å²) in [5.41, 5.74) is -0.671. The Morgan fingerprint density at radius 1 is 1.00 bits per heavy atom. The summed E-state index contributed by atoms with van der Waals surface area (Å²) in [6.45, 7) is 0.202. The number of hydrogen-bond donors (Lipinski definition) is 4. The van der Waals surface area contributed by atoms with Gasteiger partial charge in [-0.25, -0.2) is 4.79 Å². The van der Waals surface area contributed by atoms with Crippen LogP contribution in [-0.2, 0) is 19.0 Å². The zero-order valence-corrected chi connectivity index (χ0v) is 10.5. The third kappa shape index (κ3) is 4.84. The molecular formula is C10H20O8. The average Bonchev–Trinajstić information content (AvgIpc) is 2.35. The molecule has 0 spiro atoms. The van der Waals surface area contributed by atoms with Crippen molar-refractivity contribution in [3.05, 3.63) is 0 Å². The fourth-order valence-electron chi connectivity index (χ4n) is 0.940. The minimum absolute atomic E-state index is 0.145. The van der Waals surface area contributed by atoms with Crippen molar-refractivity contribution in [3.63, 3.8) is 0 Å². The van der Waals surface area contributed by atoms with Crippen LogP contribution in [0.4, 0.5) is 0 Å². The second-order valence-electron chi connectivity index (χ2n) is 4.36. The second kappa shape index (κ2) is 7.62. The molecule has 0 amide bonds. The number of aliphatic hydroxyl groups excluding tert-OH is 4. The summed E-state index contributed by atoms with van der Waals surface area (Å²) >= 11 is 0. The average molecular weight is 268 g/mol. The summed E-state index contributed by atoms with van der Waals surface area (Å²) in [5.74, 6) is -3.37. The van der Waals surface area contributed by atoms with Crippen LogP contribution in [0.1, 0.15) is 13.8 Å². The number of esters is 1. The van der Waals surface area contributed by atoms with Gasteiger partial charge in [0, 0.05) is 5.41 Å². The van der Waals surface area contributed by atoms with E-state index in [1.807, 2.05) is 0 Å². The quantitative estimate of drug-likeness (QED) is 0.284. The normalized spacial score (nSPS) is 12.6. The van der Waals surface area contributed by atoms with E-state index in [-0.39, 0.29) is 13.2 Å². The molecule has 108 valence electrons. The number of carbonyl (C=O) groups excluding carboxylic acids is 1. The van der Waals surface area contributed by atoms with Crippen LogP contribution < -0.4 is 0 Å². The van der Waals surface area contributed by atoms with Crippen molar-refractivity contribution in [3.8, 4) is 0 Å². The predicted molar refractivity (Wildman–Crippen MR) is 58.0 cm³/mol. The van der Waals surface area contributed by atoms with Crippen molar-refractivity contribution < 1.29 is 39.4 Å². The Kier molecular flexibility index (Phi) is 7.29. The van der Waals surface area contributed by atoms with Gasteiger partial charge in [-0.2, -0.15) is 0 Å². The van der Waals surface area contributed by atoms with Crippen molar-refractivity contribution in [1.82, 2.24) is 0 Å². The molecule has 0 aliphatic heterocycles. The van der Waals surface area contributed by atoms with Gasteiger partial charge in [-0.15, -0.1) is 0 Å². The lowest BCUT2D eigenvalue weighted by Gasteiger charge is -2.29. The Balaban J connectivity index is 4.65. The smallest absolute Gasteiger partial charge is 0.369 e. The molecule has 0 aromatic heterocycles. The first-order chi connectivity index (χ1) is 8.37. The van der Waals surface area contributed by atoms with Crippen LogP contribution in [0.25, 0.3) is 0 Å². The van der Waals surface area contributed by atoms with E-state index in [9.17, 15) is 4.79 Å². The van der Waals surface area contributed by atoms with Crippen LogP contribution in [0.15, 0.2) is 0 Å². The molecule has 0 saturated carbocycles. The molecule has 18 heavy (non-hydrogen) atoms. The Labute approximate surface area is 105 Å². The van der Waals surface area contributed by atoms with Crippen molar-refractivity contribution in [1.29, 1.82) is 0 Å². The van der Waals surface area contributed by atoms with E-state index in [1.54, 1.807) is 13.8 Å². The zero-order chi connectivity index (χ0) is 14.2. The third-order valence-electron chi connectivity index (χ3n) is 2.14. The van der Waals surface area contributed by atoms with E-state index in [0.29, 0.717) is 0 Å². The summed E-state index contributed by atoms with van der Waals surface area (Å²) in [7, 11) is 0. The molecule has 8 nitrogen and oxygen atoms in total. The number of hydrogen-bond acceptors (Lipinski definition) is 8. The predicted octanol–water partition coefficient (Wildman–Crippen LogP) is -1.83. The fraction of sp³-hybridized carbons (Fsp3) is 0.900. The largest absolute Gasteiger partial charge is 0.461 e. The lowest BCUT2D eigenvalue weighted by Crippen LogP contribution is -2.50. The van der Waals surface area contributed by atoms with Gasteiger partial charge in [-0.05, 0) is 0 Å². The minimum Gasteiger partial charge on any atom is -0.461 e. The number of aliphatic hydroxyl groups is 4. The van der Waals surface area contributed by atoms with Crippen molar-refractivity contribution in [2.75, 3.05) is 33.4 Å². The number of ether oxygens (including phenoxy) is 3. The Morgan fingerprint density at radius 3 is 1.83 bits per heavy atom. The van der Waals surface area contributed by atoms with Gasteiger partial charge >= 0.3 is 5.97 Å². The first kappa shape index (κ1) is 17.2. The Bertz CT molecular complexity index is 246. The molecule has 0 aliphatic carbocycles. The molecule has 0 saturated heterocycles. The van der Waals surface area contributed by atoms with Gasteiger partial charge in [0.1, 0.15) is 20.2 Å². The molecule has 0 atom stereocenters. The van der Waals surface area contributed by atoms with E-state index >= 15 is 0 Å². The molecule has 0 fully saturated rings. The molecule has 0 unspecified atom stereocenters. The van der Waals surface area contributed by atoms with Crippen LogP contribution in [0.3, 0.4) is 0 Å². The Morgan fingerprint density at radius 2 is 1.50 bits per heavy atom. The molecule has 8 heteroatoms. The number of carbonyl (C=O) groups is 1. The van der Waals surface area contributed by atoms with Crippen LogP contribution in [-0.4, -0.2) is 65.6 Å². The summed E-state index contributed by atoms with van der Waals surface area (Å²) < 4.78 is 14.0. The highest BCUT2D eigenvalue weighted by atomic mass is 16.8. The Hall–Kier alpha value is -0.770. The van der Waals surface area contributed by atoms with Crippen LogP contribution >= 0.6 is 0 Å². The lowest BCUT2D eigenvalue weighted by atomic mass is 9.96. The van der Waals surface area contributed by atoms with Gasteiger partial charge in [-0.3, -0.25) is 0 Å². The maximum Gasteiger partial charge on any atom is 0.369 e. The maximum absolute atomic E-state index is 11.7. The highest BCUT2D eigenvalue weighted by Crippen LogP contribution is 2.19. The van der Waals surface area contributed by atoms with Gasteiger partial charge in [0.2, 0.25) is 0 Å². The molecule has 4 N–H and O–H groups in total. The molecule has 0 aromatic rings. The monoisotopic (exact) mass is 268 g/mol. The topological polar surface area (TPSA) is 126 Å². The lowest BCUT2D eigenvalue weighted by molar-refractivity contribution is -0.296. The molecule has 0 heterocycles. The molecule has 0 rings (SSSR count). The van der Waals surface area contributed by atoms with E-state index in [4.69, 9.17) is 25.2 Å².